The van der Waals surface area contributed by atoms with Gasteiger partial charge in [-0.25, -0.2) is 0 Å². The Bertz CT molecular complexity index is 667. The molecule has 0 spiro atoms. The average molecular weight is 328 g/mol. The van der Waals surface area contributed by atoms with Gasteiger partial charge >= 0.3 is 0 Å². The number of hydrogen-bond acceptors (Lipinski definition) is 3. The van der Waals surface area contributed by atoms with Crippen molar-refractivity contribution in [3.05, 3.63) is 46.2 Å². The highest BCUT2D eigenvalue weighted by molar-refractivity contribution is 7.12. The molecule has 3 rings (SSSR count). The fourth-order valence-electron chi connectivity index (χ4n) is 3.21. The Kier molecular flexibility index (Phi) is 4.83. The number of nitrogens with two attached hydrogens (primary N) is 1. The normalized spacial score (nSPS) is 17.3. The van der Waals surface area contributed by atoms with E-state index in [0.29, 0.717) is 5.92 Å². The maximum absolute atomic E-state index is 12.9. The summed E-state index contributed by atoms with van der Waals surface area (Å²) in [6, 6.07) is 10.6. The summed E-state index contributed by atoms with van der Waals surface area (Å²) in [4.78, 5) is 15.7. The molecule has 1 fully saturated rings. The van der Waals surface area contributed by atoms with E-state index in [4.69, 9.17) is 5.73 Å². The summed E-state index contributed by atoms with van der Waals surface area (Å²) in [6.07, 6.45) is 2.02. The van der Waals surface area contributed by atoms with Crippen molar-refractivity contribution in [1.82, 2.24) is 4.90 Å². The van der Waals surface area contributed by atoms with Crippen molar-refractivity contribution in [2.75, 3.05) is 13.1 Å². The molecule has 2 heterocycles. The fourth-order valence-corrected chi connectivity index (χ4v) is 4.09. The number of piperidine rings is 1. The smallest absolute Gasteiger partial charge is 0.264 e. The molecule has 1 amide bonds. The van der Waals surface area contributed by atoms with Gasteiger partial charge in [0.25, 0.3) is 5.91 Å². The highest BCUT2D eigenvalue weighted by Gasteiger charge is 2.27. The second kappa shape index (κ2) is 6.85. The predicted molar refractivity (Wildman–Crippen MR) is 96.8 cm³/mol. The zero-order valence-corrected chi connectivity index (χ0v) is 14.6. The molecule has 1 aliphatic rings. The molecule has 1 aromatic heterocycles. The Morgan fingerprint density at radius 1 is 1.22 bits per heavy atom. The Balaban J connectivity index is 1.77. The number of thiophene rings is 1. The predicted octanol–water partition coefficient (Wildman–Crippen LogP) is 3.92. The molecular formula is C19H24N2OS. The molecule has 1 aliphatic heterocycles. The lowest BCUT2D eigenvalue weighted by atomic mass is 9.91. The summed E-state index contributed by atoms with van der Waals surface area (Å²) >= 11 is 1.54. The van der Waals surface area contributed by atoms with Crippen LogP contribution in [0.15, 0.2) is 35.7 Å². The van der Waals surface area contributed by atoms with Crippen LogP contribution in [0.1, 0.15) is 35.0 Å². The van der Waals surface area contributed by atoms with Crippen molar-refractivity contribution in [3.8, 4) is 11.1 Å². The second-order valence-corrected chi connectivity index (χ2v) is 7.43. The zero-order chi connectivity index (χ0) is 16.4. The summed E-state index contributed by atoms with van der Waals surface area (Å²) in [5, 5.41) is 2.01. The molecule has 0 saturated carbocycles. The van der Waals surface area contributed by atoms with Gasteiger partial charge in [0.15, 0.2) is 0 Å². The number of hydrogen-bond donors (Lipinski definition) is 1. The first-order valence-corrected chi connectivity index (χ1v) is 9.13. The lowest BCUT2D eigenvalue weighted by Crippen LogP contribution is -2.42. The summed E-state index contributed by atoms with van der Waals surface area (Å²) in [5.74, 6) is 0.706. The highest BCUT2D eigenvalue weighted by atomic mass is 32.1. The SMILES string of the molecule is Cc1ccc(-c2ccsc2C(=O)N2CCC(C(C)N)CC2)cc1. The van der Waals surface area contributed by atoms with Gasteiger partial charge in [-0.1, -0.05) is 29.8 Å². The standard InChI is InChI=1S/C19H24N2OS/c1-13-3-5-16(6-4-13)17-9-12-23-18(17)19(22)21-10-7-15(8-11-21)14(2)20/h3-6,9,12,14-15H,7-8,10-11,20H2,1-2H3. The maximum atomic E-state index is 12.9. The molecule has 3 nitrogen and oxygen atoms in total. The van der Waals surface area contributed by atoms with Crippen LogP contribution in [0.5, 0.6) is 0 Å². The maximum Gasteiger partial charge on any atom is 0.264 e. The first-order chi connectivity index (χ1) is 11.1. The summed E-state index contributed by atoms with van der Waals surface area (Å²) in [7, 11) is 0. The zero-order valence-electron chi connectivity index (χ0n) is 13.8. The lowest BCUT2D eigenvalue weighted by molar-refractivity contribution is 0.0686. The molecule has 2 aromatic rings. The van der Waals surface area contributed by atoms with Crippen LogP contribution in [-0.2, 0) is 0 Å². The van der Waals surface area contributed by atoms with Crippen molar-refractivity contribution in [3.63, 3.8) is 0 Å². The number of carbonyl (C=O) groups excluding carboxylic acids is 1. The van der Waals surface area contributed by atoms with Crippen molar-refractivity contribution in [1.29, 1.82) is 0 Å². The minimum atomic E-state index is 0.165. The van der Waals surface area contributed by atoms with Crippen molar-refractivity contribution in [2.45, 2.75) is 32.7 Å². The molecule has 1 aromatic carbocycles. The van der Waals surface area contributed by atoms with E-state index in [1.54, 1.807) is 11.3 Å². The minimum absolute atomic E-state index is 0.165. The fraction of sp³-hybridized carbons (Fsp3) is 0.421. The molecule has 1 unspecified atom stereocenters. The van der Waals surface area contributed by atoms with Gasteiger partial charge in [0.1, 0.15) is 0 Å². The molecule has 0 radical (unpaired) electrons. The van der Waals surface area contributed by atoms with Crippen LogP contribution in [0, 0.1) is 12.8 Å². The number of benzene rings is 1. The van der Waals surface area contributed by atoms with Crippen LogP contribution in [-0.4, -0.2) is 29.9 Å². The van der Waals surface area contributed by atoms with E-state index in [2.05, 4.69) is 44.2 Å². The largest absolute Gasteiger partial charge is 0.338 e. The van der Waals surface area contributed by atoms with Gasteiger partial charge in [0.05, 0.1) is 4.88 Å². The lowest BCUT2D eigenvalue weighted by Gasteiger charge is -2.33. The first-order valence-electron chi connectivity index (χ1n) is 8.25. The van der Waals surface area contributed by atoms with Gasteiger partial charge in [-0.2, -0.15) is 0 Å². The third-order valence-corrected chi connectivity index (χ3v) is 5.69. The third kappa shape index (κ3) is 3.48. The van der Waals surface area contributed by atoms with Crippen LogP contribution in [0.4, 0.5) is 0 Å². The van der Waals surface area contributed by atoms with Crippen LogP contribution in [0.3, 0.4) is 0 Å². The van der Waals surface area contributed by atoms with Crippen LogP contribution in [0.25, 0.3) is 11.1 Å². The second-order valence-electron chi connectivity index (χ2n) is 6.52. The quantitative estimate of drug-likeness (QED) is 0.928. The number of rotatable bonds is 3. The molecule has 0 aliphatic carbocycles. The number of nitrogens with zero attached hydrogens (tertiary/aromatic N) is 1. The van der Waals surface area contributed by atoms with Gasteiger partial charge in [-0.3, -0.25) is 4.79 Å². The number of carbonyl (C=O) groups is 1. The number of likely N-dealkylation sites (tertiary alicyclic amines) is 1. The number of aryl methyl sites for hydroxylation is 1. The Morgan fingerprint density at radius 3 is 2.48 bits per heavy atom. The summed E-state index contributed by atoms with van der Waals surface area (Å²) in [5.41, 5.74) is 9.39. The molecule has 122 valence electrons. The molecule has 2 N–H and O–H groups in total. The molecule has 1 saturated heterocycles. The van der Waals surface area contributed by atoms with Gasteiger partial charge in [0.2, 0.25) is 0 Å². The molecule has 4 heteroatoms. The highest BCUT2D eigenvalue weighted by Crippen LogP contribution is 2.31. The van der Waals surface area contributed by atoms with Gasteiger partial charge < -0.3 is 10.6 Å². The van der Waals surface area contributed by atoms with Gasteiger partial charge in [0, 0.05) is 24.7 Å². The molecular weight excluding hydrogens is 304 g/mol. The van der Waals surface area contributed by atoms with Crippen molar-refractivity contribution in [2.24, 2.45) is 11.7 Å². The van der Waals surface area contributed by atoms with Crippen LogP contribution < -0.4 is 5.73 Å². The summed E-state index contributed by atoms with van der Waals surface area (Å²) in [6.45, 7) is 5.77. The number of amides is 1. The van der Waals surface area contributed by atoms with E-state index in [9.17, 15) is 4.79 Å². The van der Waals surface area contributed by atoms with Gasteiger partial charge in [-0.05, 0) is 49.6 Å². The Hall–Kier alpha value is -1.65. The first kappa shape index (κ1) is 16.2. The van der Waals surface area contributed by atoms with E-state index >= 15 is 0 Å². The minimum Gasteiger partial charge on any atom is -0.338 e. The topological polar surface area (TPSA) is 46.3 Å². The molecule has 23 heavy (non-hydrogen) atoms. The van der Waals surface area contributed by atoms with Crippen LogP contribution >= 0.6 is 11.3 Å². The Morgan fingerprint density at radius 2 is 1.87 bits per heavy atom. The third-order valence-electron chi connectivity index (χ3n) is 4.79. The molecule has 1 atom stereocenters. The van der Waals surface area contributed by atoms with Crippen molar-refractivity contribution < 1.29 is 4.79 Å². The van der Waals surface area contributed by atoms with E-state index in [-0.39, 0.29) is 11.9 Å². The van der Waals surface area contributed by atoms with Gasteiger partial charge in [-0.15, -0.1) is 11.3 Å². The average Bonchev–Trinajstić information content (AvgIpc) is 3.04. The van der Waals surface area contributed by atoms with E-state index in [0.717, 1.165) is 41.9 Å². The van der Waals surface area contributed by atoms with Crippen LogP contribution in [0.2, 0.25) is 0 Å². The van der Waals surface area contributed by atoms with E-state index in [1.165, 1.54) is 5.56 Å². The van der Waals surface area contributed by atoms with Crippen molar-refractivity contribution >= 4 is 17.2 Å². The Labute approximate surface area is 142 Å². The summed E-state index contributed by atoms with van der Waals surface area (Å²) < 4.78 is 0. The van der Waals surface area contributed by atoms with E-state index in [1.807, 2.05) is 10.3 Å². The molecule has 0 bridgehead atoms. The monoisotopic (exact) mass is 328 g/mol. The van der Waals surface area contributed by atoms with E-state index < -0.39 is 0 Å².